The molecule has 33 heavy (non-hydrogen) atoms. The van der Waals surface area contributed by atoms with E-state index in [1.54, 1.807) is 0 Å². The largest absolute Gasteiger partial charge is 0.390 e. The van der Waals surface area contributed by atoms with Gasteiger partial charge in [0, 0.05) is 16.1 Å². The maximum Gasteiger partial charge on any atom is 0.283 e. The van der Waals surface area contributed by atoms with E-state index in [0.29, 0.717) is 0 Å². The molecule has 2 aromatic rings. The van der Waals surface area contributed by atoms with Crippen LogP contribution in [0, 0.1) is 17.5 Å². The maximum atomic E-state index is 15.4. The Balaban J connectivity index is 2.23. The number of fused-ring (bicyclic) bond motifs is 1. The smallest absolute Gasteiger partial charge is 0.283 e. The molecule has 0 aliphatic carbocycles. The molecule has 0 fully saturated rings. The SMILES string of the molecule is CCS(=O)(=O)Nc1ccc2c(c1F)C[C@@H](C)N(CC(F)(F)CO)[C@@H]2c1c(F)cc(Br)cc1F. The molecule has 0 unspecified atom stereocenters. The molecule has 5 nitrogen and oxygen atoms in total. The number of halogens is 6. The van der Waals surface area contributed by atoms with Crippen molar-refractivity contribution in [1.82, 2.24) is 4.90 Å². The van der Waals surface area contributed by atoms with E-state index in [4.69, 9.17) is 5.11 Å². The normalized spacial score (nSPS) is 19.4. The molecule has 0 saturated carbocycles. The molecule has 0 aromatic heterocycles. The second-order valence-electron chi connectivity index (χ2n) is 7.93. The number of hydrogen-bond donors (Lipinski definition) is 2. The first-order valence-electron chi connectivity index (χ1n) is 10.0. The summed E-state index contributed by atoms with van der Waals surface area (Å²) < 4.78 is 99.6. The lowest BCUT2D eigenvalue weighted by Crippen LogP contribution is -2.49. The first-order valence-corrected chi connectivity index (χ1v) is 12.5. The van der Waals surface area contributed by atoms with Crippen LogP contribution in [0.1, 0.15) is 36.6 Å². The zero-order valence-corrected chi connectivity index (χ0v) is 20.1. The van der Waals surface area contributed by atoms with Gasteiger partial charge in [-0.1, -0.05) is 22.0 Å². The highest BCUT2D eigenvalue weighted by Gasteiger charge is 2.43. The van der Waals surface area contributed by atoms with Crippen molar-refractivity contribution in [2.24, 2.45) is 0 Å². The van der Waals surface area contributed by atoms with Crippen LogP contribution in [0.25, 0.3) is 0 Å². The number of aliphatic hydroxyl groups excluding tert-OH is 1. The summed E-state index contributed by atoms with van der Waals surface area (Å²) in [6, 6.07) is 2.05. The van der Waals surface area contributed by atoms with Gasteiger partial charge in [-0.25, -0.2) is 30.4 Å². The van der Waals surface area contributed by atoms with Crippen molar-refractivity contribution in [3.8, 4) is 0 Å². The first kappa shape index (κ1) is 25.9. The van der Waals surface area contributed by atoms with E-state index in [9.17, 15) is 26.0 Å². The van der Waals surface area contributed by atoms with Crippen LogP contribution < -0.4 is 4.72 Å². The van der Waals surface area contributed by atoms with Crippen LogP contribution in [0.2, 0.25) is 0 Å². The van der Waals surface area contributed by atoms with Crippen molar-refractivity contribution in [3.63, 3.8) is 0 Å². The van der Waals surface area contributed by atoms with Crippen molar-refractivity contribution in [2.75, 3.05) is 23.6 Å². The van der Waals surface area contributed by atoms with Crippen LogP contribution in [0.3, 0.4) is 0 Å². The van der Waals surface area contributed by atoms with Gasteiger partial charge in [-0.2, -0.15) is 0 Å². The highest BCUT2D eigenvalue weighted by molar-refractivity contribution is 9.10. The molecule has 0 bridgehead atoms. The van der Waals surface area contributed by atoms with E-state index >= 15 is 4.39 Å². The lowest BCUT2D eigenvalue weighted by molar-refractivity contribution is -0.0868. The number of anilines is 1. The number of hydrogen-bond acceptors (Lipinski definition) is 4. The summed E-state index contributed by atoms with van der Waals surface area (Å²) in [5, 5.41) is 9.06. The average molecular weight is 557 g/mol. The fourth-order valence-electron chi connectivity index (χ4n) is 3.96. The molecular weight excluding hydrogens is 535 g/mol. The molecule has 2 aromatic carbocycles. The molecule has 1 aliphatic rings. The monoisotopic (exact) mass is 556 g/mol. The Morgan fingerprint density at radius 3 is 2.36 bits per heavy atom. The van der Waals surface area contributed by atoms with Crippen molar-refractivity contribution >= 4 is 31.6 Å². The average Bonchev–Trinajstić information content (AvgIpc) is 2.72. The quantitative estimate of drug-likeness (QED) is 0.489. The van der Waals surface area contributed by atoms with Gasteiger partial charge in [0.05, 0.1) is 24.0 Å². The molecule has 0 spiro atoms. The number of rotatable bonds is 7. The topological polar surface area (TPSA) is 69.6 Å². The van der Waals surface area contributed by atoms with E-state index < -0.39 is 64.2 Å². The van der Waals surface area contributed by atoms with Gasteiger partial charge in [0.25, 0.3) is 5.92 Å². The number of nitrogens with one attached hydrogen (secondary N) is 1. The molecule has 1 aliphatic heterocycles. The molecule has 2 atom stereocenters. The molecule has 0 saturated heterocycles. The summed E-state index contributed by atoms with van der Waals surface area (Å²) in [6.45, 7) is 0.345. The fourth-order valence-corrected chi connectivity index (χ4v) is 5.00. The van der Waals surface area contributed by atoms with Crippen LogP contribution in [0.15, 0.2) is 28.7 Å². The van der Waals surface area contributed by atoms with E-state index in [1.807, 2.05) is 0 Å². The number of nitrogens with zero attached hydrogens (tertiary/aromatic N) is 1. The van der Waals surface area contributed by atoms with Gasteiger partial charge in [-0.15, -0.1) is 0 Å². The molecule has 12 heteroatoms. The minimum Gasteiger partial charge on any atom is -0.390 e. The molecule has 0 radical (unpaired) electrons. The van der Waals surface area contributed by atoms with Gasteiger partial charge in [-0.05, 0) is 49.6 Å². The molecular formula is C21H22BrF5N2O3S. The second-order valence-corrected chi connectivity index (χ2v) is 10.9. The fraction of sp³-hybridized carbons (Fsp3) is 0.429. The van der Waals surface area contributed by atoms with Crippen LogP contribution >= 0.6 is 15.9 Å². The summed E-state index contributed by atoms with van der Waals surface area (Å²) in [6.07, 6.45) is -0.124. The highest BCUT2D eigenvalue weighted by Crippen LogP contribution is 2.43. The number of aliphatic hydroxyl groups is 1. The Hall–Kier alpha value is -1.76. The zero-order valence-electron chi connectivity index (χ0n) is 17.7. The van der Waals surface area contributed by atoms with E-state index in [2.05, 4.69) is 20.7 Å². The van der Waals surface area contributed by atoms with Crippen molar-refractivity contribution in [2.45, 2.75) is 38.3 Å². The number of alkyl halides is 2. The summed E-state index contributed by atoms with van der Waals surface area (Å²) in [5.74, 6) is -6.88. The molecule has 182 valence electrons. The summed E-state index contributed by atoms with van der Waals surface area (Å²) in [7, 11) is -3.81. The first-order chi connectivity index (χ1) is 15.3. The molecule has 2 N–H and O–H groups in total. The second kappa shape index (κ2) is 9.47. The Kier molecular flexibility index (Phi) is 7.42. The van der Waals surface area contributed by atoms with Crippen LogP contribution in [0.4, 0.5) is 27.6 Å². The van der Waals surface area contributed by atoms with Gasteiger partial charge >= 0.3 is 0 Å². The lowest BCUT2D eigenvalue weighted by atomic mass is 9.83. The summed E-state index contributed by atoms with van der Waals surface area (Å²) in [5.41, 5.74) is -0.901. The standard InChI is InChI=1S/C21H22BrF5N2O3S/c1-3-33(31,32)28-17-5-4-13-14(19(17)25)6-11(2)29(9-21(26,27)10-30)20(13)18-15(23)7-12(22)8-16(18)24/h4-5,7-8,11,20,28,30H,3,6,9-10H2,1-2H3/t11-,20+/m1/s1. The van der Waals surface area contributed by atoms with Crippen LogP contribution in [-0.4, -0.2) is 49.3 Å². The third-order valence-corrected chi connectivity index (χ3v) is 7.33. The summed E-state index contributed by atoms with van der Waals surface area (Å²) in [4.78, 5) is 1.11. The van der Waals surface area contributed by atoms with Crippen molar-refractivity contribution < 1.29 is 35.5 Å². The number of sulfonamides is 1. The third-order valence-electron chi connectivity index (χ3n) is 5.58. The summed E-state index contributed by atoms with van der Waals surface area (Å²) >= 11 is 2.97. The highest BCUT2D eigenvalue weighted by atomic mass is 79.9. The lowest BCUT2D eigenvalue weighted by Gasteiger charge is -2.43. The molecule has 1 heterocycles. The Bertz CT molecular complexity index is 1140. The predicted molar refractivity (Wildman–Crippen MR) is 117 cm³/mol. The van der Waals surface area contributed by atoms with Crippen molar-refractivity contribution in [3.05, 3.63) is 62.9 Å². The third kappa shape index (κ3) is 5.33. The van der Waals surface area contributed by atoms with E-state index in [1.165, 1.54) is 19.9 Å². The van der Waals surface area contributed by atoms with Gasteiger partial charge in [0.15, 0.2) is 5.82 Å². The van der Waals surface area contributed by atoms with Crippen molar-refractivity contribution in [1.29, 1.82) is 0 Å². The van der Waals surface area contributed by atoms with Gasteiger partial charge in [0.2, 0.25) is 10.0 Å². The van der Waals surface area contributed by atoms with Gasteiger partial charge in [0.1, 0.15) is 18.2 Å². The van der Waals surface area contributed by atoms with Gasteiger partial charge in [-0.3, -0.25) is 9.62 Å². The Morgan fingerprint density at radius 1 is 1.21 bits per heavy atom. The zero-order chi connectivity index (χ0) is 24.7. The molecule has 3 rings (SSSR count). The Morgan fingerprint density at radius 2 is 1.82 bits per heavy atom. The van der Waals surface area contributed by atoms with Crippen LogP contribution in [0.5, 0.6) is 0 Å². The van der Waals surface area contributed by atoms with Gasteiger partial charge < -0.3 is 5.11 Å². The maximum absolute atomic E-state index is 15.4. The van der Waals surface area contributed by atoms with E-state index in [0.717, 1.165) is 23.1 Å². The minimum atomic E-state index is -3.81. The Labute approximate surface area is 196 Å². The predicted octanol–water partition coefficient (Wildman–Crippen LogP) is 4.59. The molecule has 0 amide bonds. The van der Waals surface area contributed by atoms with E-state index in [-0.39, 0.29) is 33.5 Å². The minimum absolute atomic E-state index is 0.0268. The number of benzene rings is 2. The van der Waals surface area contributed by atoms with Crippen LogP contribution in [-0.2, 0) is 16.4 Å².